The summed E-state index contributed by atoms with van der Waals surface area (Å²) in [6.07, 6.45) is 2.22. The van der Waals surface area contributed by atoms with Crippen molar-refractivity contribution in [2.75, 3.05) is 12.9 Å². The van der Waals surface area contributed by atoms with E-state index >= 15 is 0 Å². The van der Waals surface area contributed by atoms with E-state index in [2.05, 4.69) is 24.5 Å². The van der Waals surface area contributed by atoms with Crippen molar-refractivity contribution in [2.24, 2.45) is 22.7 Å². The van der Waals surface area contributed by atoms with Gasteiger partial charge in [-0.15, -0.1) is 0 Å². The molecule has 10 nitrogen and oxygen atoms in total. The van der Waals surface area contributed by atoms with Gasteiger partial charge in [-0.25, -0.2) is 17.5 Å². The van der Waals surface area contributed by atoms with Gasteiger partial charge in [0.25, 0.3) is 5.91 Å². The monoisotopic (exact) mass is 589 g/mol. The van der Waals surface area contributed by atoms with E-state index in [1.54, 1.807) is 20.8 Å². The van der Waals surface area contributed by atoms with Crippen LogP contribution in [0.5, 0.6) is 0 Å². The van der Waals surface area contributed by atoms with Crippen LogP contribution in [-0.2, 0) is 35.5 Å². The molecule has 1 aromatic rings. The maximum Gasteiger partial charge on any atom is 0.407 e. The van der Waals surface area contributed by atoms with Gasteiger partial charge in [-0.3, -0.25) is 9.59 Å². The Bertz CT molecular complexity index is 1310. The first-order chi connectivity index (χ1) is 19.1. The van der Waals surface area contributed by atoms with Crippen LogP contribution in [0.3, 0.4) is 0 Å². The number of fused-ring (bicyclic) bond motifs is 1. The highest BCUT2D eigenvalue weighted by Gasteiger charge is 2.72. The molecule has 0 aromatic heterocycles. The summed E-state index contributed by atoms with van der Waals surface area (Å²) in [6.45, 7) is 9.57. The fourth-order valence-electron chi connectivity index (χ4n) is 8.11. The minimum Gasteiger partial charge on any atom is -0.469 e. The fourth-order valence-corrected chi connectivity index (χ4v) is 10.7. The zero-order valence-corrected chi connectivity index (χ0v) is 25.6. The molecule has 11 heteroatoms. The molecule has 4 fully saturated rings. The maximum absolute atomic E-state index is 14.1. The number of nitrogens with one attached hydrogen (secondary N) is 2. The maximum atomic E-state index is 14.1. The van der Waals surface area contributed by atoms with Crippen molar-refractivity contribution in [1.82, 2.24) is 14.9 Å². The van der Waals surface area contributed by atoms with Crippen molar-refractivity contribution in [3.05, 3.63) is 35.9 Å². The van der Waals surface area contributed by atoms with Crippen molar-refractivity contribution in [3.63, 3.8) is 0 Å². The first-order valence-electron chi connectivity index (χ1n) is 14.5. The number of nitrogens with zero attached hydrogens (tertiary/aromatic N) is 1. The number of sulfonamides is 1. The van der Waals surface area contributed by atoms with Crippen LogP contribution in [0.1, 0.15) is 65.9 Å². The Morgan fingerprint density at radius 3 is 2.44 bits per heavy atom. The van der Waals surface area contributed by atoms with Crippen molar-refractivity contribution in [1.29, 1.82) is 0 Å². The fraction of sp³-hybridized carbons (Fsp3) is 0.700. The zero-order valence-electron chi connectivity index (χ0n) is 24.8. The summed E-state index contributed by atoms with van der Waals surface area (Å²) >= 11 is 0. The number of amides is 2. The Hall–Kier alpha value is -2.66. The Kier molecular flexibility index (Phi) is 7.46. The number of rotatable bonds is 6. The van der Waals surface area contributed by atoms with Gasteiger partial charge in [0.1, 0.15) is 5.60 Å². The van der Waals surface area contributed by atoms with Crippen molar-refractivity contribution in [3.8, 4) is 0 Å². The molecule has 2 saturated heterocycles. The van der Waals surface area contributed by atoms with Crippen LogP contribution in [0.2, 0.25) is 0 Å². The van der Waals surface area contributed by atoms with E-state index < -0.39 is 63.1 Å². The molecule has 41 heavy (non-hydrogen) atoms. The zero-order chi connectivity index (χ0) is 30.0. The number of benzene rings is 1. The quantitative estimate of drug-likeness (QED) is 0.485. The molecule has 4 aliphatic rings. The molecule has 2 aliphatic carbocycles. The van der Waals surface area contributed by atoms with Gasteiger partial charge >= 0.3 is 12.1 Å². The van der Waals surface area contributed by atoms with Crippen LogP contribution in [0.15, 0.2) is 30.3 Å². The lowest BCUT2D eigenvalue weighted by Crippen LogP contribution is -2.56. The first-order valence-corrected chi connectivity index (χ1v) is 16.1. The van der Waals surface area contributed by atoms with Crippen LogP contribution in [0.25, 0.3) is 0 Å². The van der Waals surface area contributed by atoms with Crippen LogP contribution in [0, 0.1) is 22.7 Å². The molecule has 2 bridgehead atoms. The molecule has 2 heterocycles. The van der Waals surface area contributed by atoms with E-state index in [9.17, 15) is 22.8 Å². The molecule has 7 atom stereocenters. The topological polar surface area (TPSA) is 131 Å². The summed E-state index contributed by atoms with van der Waals surface area (Å²) in [6, 6.07) is 6.87. The van der Waals surface area contributed by atoms with Crippen molar-refractivity contribution >= 4 is 28.0 Å². The Morgan fingerprint density at radius 2 is 1.83 bits per heavy atom. The van der Waals surface area contributed by atoms with E-state index in [-0.39, 0.29) is 23.6 Å². The SMILES string of the molecule is COC(=O)[C@@H]1C[C@H](C(=O)N2[C@H]3C[C@@H]4CC[C@@]3(CS2(=O)=O)C4(C)C)N[C@@H]1[C@H](Cc1ccccc1)NC(=O)OC(C)(C)C. The summed E-state index contributed by atoms with van der Waals surface area (Å²) in [5, 5.41) is 6.19. The number of hydrogen-bond donors (Lipinski definition) is 2. The predicted molar refractivity (Wildman–Crippen MR) is 152 cm³/mol. The standard InChI is InChI=1S/C30H43N3O7S/c1-28(2,3)40-27(36)32-21(14-18-10-8-7-9-11-18)24-20(26(35)39-6)16-22(31-24)25(34)33-23-15-19-12-13-30(23,29(19,4)5)17-41(33,37)38/h7-11,19-24,31H,12-17H2,1-6H3,(H,32,36)/t19-,20+,21-,22+,23-,24-,30-/m0/s1. The lowest BCUT2D eigenvalue weighted by atomic mass is 9.69. The largest absolute Gasteiger partial charge is 0.469 e. The number of methoxy groups -OCH3 is 1. The van der Waals surface area contributed by atoms with E-state index in [4.69, 9.17) is 9.47 Å². The minimum atomic E-state index is -3.83. The number of carbonyl (C=O) groups excluding carboxylic acids is 3. The predicted octanol–water partition coefficient (Wildman–Crippen LogP) is 3.01. The average Bonchev–Trinajstić information content (AvgIpc) is 3.55. The molecule has 1 spiro atoms. The normalized spacial score (nSPS) is 33.7. The van der Waals surface area contributed by atoms with E-state index in [0.29, 0.717) is 18.8 Å². The molecule has 1 aromatic carbocycles. The lowest BCUT2D eigenvalue weighted by Gasteiger charge is -2.37. The lowest BCUT2D eigenvalue weighted by molar-refractivity contribution is -0.146. The third-order valence-corrected chi connectivity index (χ3v) is 12.1. The van der Waals surface area contributed by atoms with E-state index in [1.807, 2.05) is 30.3 Å². The molecule has 2 aliphatic heterocycles. The minimum absolute atomic E-state index is 0.0205. The molecule has 0 unspecified atom stereocenters. The molecule has 5 rings (SSSR count). The molecular formula is C30H43N3O7S. The van der Waals surface area contributed by atoms with Crippen LogP contribution >= 0.6 is 0 Å². The number of ether oxygens (including phenoxy) is 2. The van der Waals surface area contributed by atoms with Gasteiger partial charge in [0, 0.05) is 11.5 Å². The Morgan fingerprint density at radius 1 is 1.15 bits per heavy atom. The van der Waals surface area contributed by atoms with Gasteiger partial charge in [-0.05, 0) is 69.8 Å². The van der Waals surface area contributed by atoms with Gasteiger partial charge in [0.05, 0.1) is 36.9 Å². The van der Waals surface area contributed by atoms with Gasteiger partial charge < -0.3 is 20.1 Å². The third-order valence-electron chi connectivity index (χ3n) is 10.2. The van der Waals surface area contributed by atoms with Gasteiger partial charge in [-0.1, -0.05) is 44.2 Å². The second-order valence-corrected chi connectivity index (χ2v) is 15.7. The summed E-state index contributed by atoms with van der Waals surface area (Å²) in [5.41, 5.74) is -0.431. The highest BCUT2D eigenvalue weighted by Crippen LogP contribution is 2.70. The summed E-state index contributed by atoms with van der Waals surface area (Å²) in [4.78, 5) is 40.0. The molecule has 2 saturated carbocycles. The first kappa shape index (κ1) is 29.8. The Balaban J connectivity index is 1.43. The van der Waals surface area contributed by atoms with Crippen LogP contribution < -0.4 is 10.6 Å². The molecular weight excluding hydrogens is 546 g/mol. The highest BCUT2D eigenvalue weighted by atomic mass is 32.2. The van der Waals surface area contributed by atoms with E-state index in [0.717, 1.165) is 22.7 Å². The Labute approximate surface area is 242 Å². The third kappa shape index (κ3) is 5.13. The number of hydrogen-bond acceptors (Lipinski definition) is 8. The summed E-state index contributed by atoms with van der Waals surface area (Å²) < 4.78 is 38.9. The number of alkyl carbamates (subject to hydrolysis) is 1. The number of carbonyl (C=O) groups is 3. The van der Waals surface area contributed by atoms with Gasteiger partial charge in [0.15, 0.2) is 0 Å². The van der Waals surface area contributed by atoms with E-state index in [1.165, 1.54) is 7.11 Å². The summed E-state index contributed by atoms with van der Waals surface area (Å²) in [7, 11) is -2.54. The molecule has 2 N–H and O–H groups in total. The average molecular weight is 590 g/mol. The summed E-state index contributed by atoms with van der Waals surface area (Å²) in [5.74, 6) is -1.48. The van der Waals surface area contributed by atoms with Crippen molar-refractivity contribution in [2.45, 2.75) is 96.5 Å². The van der Waals surface area contributed by atoms with Gasteiger partial charge in [0.2, 0.25) is 10.0 Å². The smallest absolute Gasteiger partial charge is 0.407 e. The number of esters is 1. The van der Waals surface area contributed by atoms with Crippen molar-refractivity contribution < 1.29 is 32.3 Å². The van der Waals surface area contributed by atoms with Crippen LogP contribution in [-0.4, -0.2) is 73.3 Å². The highest BCUT2D eigenvalue weighted by molar-refractivity contribution is 7.90. The van der Waals surface area contributed by atoms with Gasteiger partial charge in [-0.2, -0.15) is 0 Å². The second-order valence-electron chi connectivity index (χ2n) is 13.8. The second kappa shape index (κ2) is 10.3. The molecule has 0 radical (unpaired) electrons. The van der Waals surface area contributed by atoms with Crippen LogP contribution in [0.4, 0.5) is 4.79 Å². The molecule has 226 valence electrons. The molecule has 2 amide bonds.